The van der Waals surface area contributed by atoms with E-state index in [9.17, 15) is 0 Å². The van der Waals surface area contributed by atoms with Crippen LogP contribution < -0.4 is 20.1 Å². The SMILES string of the molecule is c1cc(OCCCCCCOc2ccc(C3=NCCN3)cc2)cc(-c2cc3ccc(C4=NCCN4)cc3o2)c1. The van der Waals surface area contributed by atoms with Crippen molar-refractivity contribution in [3.8, 4) is 22.8 Å². The van der Waals surface area contributed by atoms with Crippen LogP contribution >= 0.6 is 0 Å². The number of ether oxygens (including phenoxy) is 2. The van der Waals surface area contributed by atoms with Crippen LogP contribution in [0.1, 0.15) is 36.8 Å². The summed E-state index contributed by atoms with van der Waals surface area (Å²) >= 11 is 0. The second-order valence-corrected chi connectivity index (χ2v) is 9.84. The van der Waals surface area contributed by atoms with Gasteiger partial charge in [-0.25, -0.2) is 0 Å². The van der Waals surface area contributed by atoms with E-state index in [2.05, 4.69) is 69.1 Å². The third-order valence-corrected chi connectivity index (χ3v) is 6.96. The largest absolute Gasteiger partial charge is 0.494 e. The van der Waals surface area contributed by atoms with Gasteiger partial charge in [0.1, 0.15) is 34.5 Å². The molecule has 0 saturated heterocycles. The molecule has 1 aromatic heterocycles. The van der Waals surface area contributed by atoms with Gasteiger partial charge < -0.3 is 24.5 Å². The quantitative estimate of drug-likeness (QED) is 0.229. The first-order valence-electron chi connectivity index (χ1n) is 13.9. The summed E-state index contributed by atoms with van der Waals surface area (Å²) in [6.07, 6.45) is 4.27. The van der Waals surface area contributed by atoms with Crippen LogP contribution in [0.5, 0.6) is 11.5 Å². The maximum Gasteiger partial charge on any atom is 0.135 e. The highest BCUT2D eigenvalue weighted by Gasteiger charge is 2.12. The number of rotatable bonds is 12. The molecule has 7 heteroatoms. The van der Waals surface area contributed by atoms with E-state index in [1.165, 1.54) is 0 Å². The molecule has 0 aliphatic carbocycles. The summed E-state index contributed by atoms with van der Waals surface area (Å²) in [4.78, 5) is 8.96. The number of fused-ring (bicyclic) bond motifs is 1. The highest BCUT2D eigenvalue weighted by atomic mass is 16.5. The van der Waals surface area contributed by atoms with Gasteiger partial charge in [-0.1, -0.05) is 24.3 Å². The molecule has 3 aromatic carbocycles. The fourth-order valence-corrected chi connectivity index (χ4v) is 4.89. The summed E-state index contributed by atoms with van der Waals surface area (Å²) in [5.41, 5.74) is 4.05. The molecule has 7 nitrogen and oxygen atoms in total. The number of aliphatic imine (C=N–C) groups is 2. The molecule has 0 radical (unpaired) electrons. The Balaban J connectivity index is 0.921. The van der Waals surface area contributed by atoms with E-state index in [1.807, 2.05) is 24.3 Å². The zero-order chi connectivity index (χ0) is 26.3. The Bertz CT molecular complexity index is 1470. The van der Waals surface area contributed by atoms with Crippen molar-refractivity contribution in [3.05, 3.63) is 83.9 Å². The lowest BCUT2D eigenvalue weighted by Gasteiger charge is -2.09. The minimum atomic E-state index is 0.697. The molecule has 6 rings (SSSR count). The van der Waals surface area contributed by atoms with Gasteiger partial charge in [0, 0.05) is 35.2 Å². The van der Waals surface area contributed by atoms with Gasteiger partial charge in [0.05, 0.1) is 26.3 Å². The molecule has 0 fully saturated rings. The van der Waals surface area contributed by atoms with E-state index >= 15 is 0 Å². The van der Waals surface area contributed by atoms with Crippen LogP contribution in [0.4, 0.5) is 0 Å². The number of furan rings is 1. The second-order valence-electron chi connectivity index (χ2n) is 9.84. The van der Waals surface area contributed by atoms with Crippen molar-refractivity contribution in [2.75, 3.05) is 39.4 Å². The molecule has 0 atom stereocenters. The fourth-order valence-electron chi connectivity index (χ4n) is 4.89. The Hall–Kier alpha value is -4.26. The number of hydrogen-bond donors (Lipinski definition) is 2. The molecule has 200 valence electrons. The van der Waals surface area contributed by atoms with Gasteiger partial charge in [-0.3, -0.25) is 9.98 Å². The minimum absolute atomic E-state index is 0.697. The van der Waals surface area contributed by atoms with Crippen molar-refractivity contribution in [2.24, 2.45) is 9.98 Å². The van der Waals surface area contributed by atoms with E-state index in [1.54, 1.807) is 0 Å². The number of nitrogens with zero attached hydrogens (tertiary/aromatic N) is 2. The number of unbranched alkanes of at least 4 members (excludes halogenated alkanes) is 3. The maximum absolute atomic E-state index is 6.19. The number of nitrogens with one attached hydrogen (secondary N) is 2. The first-order valence-corrected chi connectivity index (χ1v) is 13.9. The Labute approximate surface area is 229 Å². The van der Waals surface area contributed by atoms with E-state index < -0.39 is 0 Å². The summed E-state index contributed by atoms with van der Waals surface area (Å²) in [5.74, 6) is 4.53. The van der Waals surface area contributed by atoms with Crippen molar-refractivity contribution in [1.29, 1.82) is 0 Å². The lowest BCUT2D eigenvalue weighted by molar-refractivity contribution is 0.287. The molecule has 2 aliphatic rings. The summed E-state index contributed by atoms with van der Waals surface area (Å²) in [6.45, 7) is 4.91. The summed E-state index contributed by atoms with van der Waals surface area (Å²) in [6, 6.07) is 24.6. The minimum Gasteiger partial charge on any atom is -0.494 e. The summed E-state index contributed by atoms with van der Waals surface area (Å²) < 4.78 is 18.1. The van der Waals surface area contributed by atoms with Crippen LogP contribution in [0.2, 0.25) is 0 Å². The highest BCUT2D eigenvalue weighted by molar-refractivity contribution is 6.02. The van der Waals surface area contributed by atoms with Crippen molar-refractivity contribution >= 4 is 22.6 Å². The van der Waals surface area contributed by atoms with Crippen molar-refractivity contribution in [2.45, 2.75) is 25.7 Å². The number of amidine groups is 2. The molecule has 2 aliphatic heterocycles. The van der Waals surface area contributed by atoms with E-state index in [-0.39, 0.29) is 0 Å². The molecule has 0 spiro atoms. The van der Waals surface area contributed by atoms with Crippen LogP contribution in [-0.4, -0.2) is 51.1 Å². The zero-order valence-electron chi connectivity index (χ0n) is 22.1. The number of benzene rings is 3. The molecule has 4 aromatic rings. The Kier molecular flexibility index (Phi) is 7.75. The van der Waals surface area contributed by atoms with Gasteiger partial charge in [0.15, 0.2) is 0 Å². The van der Waals surface area contributed by atoms with Gasteiger partial charge in [0.2, 0.25) is 0 Å². The monoisotopic (exact) mass is 522 g/mol. The molecular formula is C32H34N4O3. The normalized spacial score (nSPS) is 14.6. The predicted molar refractivity (Wildman–Crippen MR) is 156 cm³/mol. The van der Waals surface area contributed by atoms with Crippen molar-refractivity contribution < 1.29 is 13.9 Å². The summed E-state index contributed by atoms with van der Waals surface area (Å²) in [7, 11) is 0. The molecule has 0 saturated carbocycles. The van der Waals surface area contributed by atoms with Crippen LogP contribution in [0, 0.1) is 0 Å². The van der Waals surface area contributed by atoms with Crippen LogP contribution in [-0.2, 0) is 0 Å². The Morgan fingerprint density at radius 1 is 0.641 bits per heavy atom. The van der Waals surface area contributed by atoms with Crippen LogP contribution in [0.3, 0.4) is 0 Å². The summed E-state index contributed by atoms with van der Waals surface area (Å²) in [5, 5.41) is 7.69. The molecule has 0 unspecified atom stereocenters. The predicted octanol–water partition coefficient (Wildman–Crippen LogP) is 5.82. The lowest BCUT2D eigenvalue weighted by Crippen LogP contribution is -2.19. The van der Waals surface area contributed by atoms with E-state index in [0.29, 0.717) is 6.61 Å². The highest BCUT2D eigenvalue weighted by Crippen LogP contribution is 2.30. The molecule has 3 heterocycles. The third kappa shape index (κ3) is 6.25. The van der Waals surface area contributed by atoms with E-state index in [0.717, 1.165) is 115 Å². The zero-order valence-corrected chi connectivity index (χ0v) is 22.1. The smallest absolute Gasteiger partial charge is 0.135 e. The topological polar surface area (TPSA) is 80.4 Å². The van der Waals surface area contributed by atoms with Crippen molar-refractivity contribution in [3.63, 3.8) is 0 Å². The second kappa shape index (κ2) is 12.1. The van der Waals surface area contributed by atoms with Crippen LogP contribution in [0.25, 0.3) is 22.3 Å². The van der Waals surface area contributed by atoms with Gasteiger partial charge in [-0.15, -0.1) is 0 Å². The van der Waals surface area contributed by atoms with Gasteiger partial charge in [-0.2, -0.15) is 0 Å². The van der Waals surface area contributed by atoms with E-state index in [4.69, 9.17) is 13.9 Å². The molecule has 39 heavy (non-hydrogen) atoms. The van der Waals surface area contributed by atoms with Gasteiger partial charge >= 0.3 is 0 Å². The first-order chi connectivity index (χ1) is 19.3. The Morgan fingerprint density at radius 2 is 1.33 bits per heavy atom. The first kappa shape index (κ1) is 25.0. The lowest BCUT2D eigenvalue weighted by atomic mass is 10.1. The molecule has 2 N–H and O–H groups in total. The average molecular weight is 523 g/mol. The van der Waals surface area contributed by atoms with Crippen molar-refractivity contribution in [1.82, 2.24) is 10.6 Å². The van der Waals surface area contributed by atoms with Crippen LogP contribution in [0.15, 0.2) is 87.2 Å². The van der Waals surface area contributed by atoms with Gasteiger partial charge in [0.25, 0.3) is 0 Å². The fraction of sp³-hybridized carbons (Fsp3) is 0.312. The van der Waals surface area contributed by atoms with Gasteiger partial charge in [-0.05, 0) is 74.2 Å². The molecule has 0 bridgehead atoms. The average Bonchev–Trinajstić information content (AvgIpc) is 3.77. The standard InChI is InChI=1S/C32H34N4O3/c1(3-18-37-27-12-10-23(11-13-27)31-33-14-15-34-31)2-4-19-38-28-7-5-6-24(20-28)29-21-25-8-9-26(22-30(25)39-29)32-35-16-17-36-32/h5-13,20-22H,1-4,14-19H2,(H,33,34)(H,35,36). The molecular weight excluding hydrogens is 488 g/mol. The maximum atomic E-state index is 6.19. The number of hydrogen-bond acceptors (Lipinski definition) is 7. The third-order valence-electron chi connectivity index (χ3n) is 6.96. The molecule has 0 amide bonds. The Morgan fingerprint density at radius 3 is 2.05 bits per heavy atom.